The largest absolute Gasteiger partial charge is 0.466 e. The second kappa shape index (κ2) is 7.64. The number of carbonyl (C=O) groups excluding carboxylic acids is 1. The summed E-state index contributed by atoms with van der Waals surface area (Å²) in [4.78, 5) is 31.0. The Kier molecular flexibility index (Phi) is 5.03. The Hall–Kier alpha value is -3.25. The van der Waals surface area contributed by atoms with Crippen molar-refractivity contribution < 1.29 is 9.53 Å². The average molecular weight is 404 g/mol. The Balaban J connectivity index is 1.97. The van der Waals surface area contributed by atoms with Gasteiger partial charge in [0.05, 0.1) is 29.0 Å². The number of methoxy groups -OCH3 is 1. The van der Waals surface area contributed by atoms with E-state index >= 15 is 0 Å². The fourth-order valence-corrected chi connectivity index (χ4v) is 4.50. The molecular formula is C23H20N2O3S. The molecule has 146 valence electrons. The van der Waals surface area contributed by atoms with Gasteiger partial charge in [0.15, 0.2) is 4.80 Å². The lowest BCUT2D eigenvalue weighted by Crippen LogP contribution is -2.39. The number of thiazole rings is 1. The molecule has 0 spiro atoms. The predicted octanol–water partition coefficient (Wildman–Crippen LogP) is 2.72. The maximum Gasteiger partial charge on any atom is 0.338 e. The minimum atomic E-state index is -0.569. The molecule has 0 saturated carbocycles. The Morgan fingerprint density at radius 1 is 1.10 bits per heavy atom. The van der Waals surface area contributed by atoms with E-state index in [1.807, 2.05) is 67.6 Å². The van der Waals surface area contributed by atoms with E-state index in [2.05, 4.69) is 4.99 Å². The van der Waals surface area contributed by atoms with E-state index in [9.17, 15) is 9.59 Å². The summed E-state index contributed by atoms with van der Waals surface area (Å²) in [6.07, 6.45) is 1.86. The van der Waals surface area contributed by atoms with Crippen LogP contribution in [0.3, 0.4) is 0 Å². The van der Waals surface area contributed by atoms with Gasteiger partial charge in [0.2, 0.25) is 0 Å². The molecule has 1 aliphatic rings. The number of hydrogen-bond donors (Lipinski definition) is 0. The maximum atomic E-state index is 13.3. The van der Waals surface area contributed by atoms with Crippen molar-refractivity contribution in [2.45, 2.75) is 19.9 Å². The van der Waals surface area contributed by atoms with Gasteiger partial charge in [0.25, 0.3) is 5.56 Å². The van der Waals surface area contributed by atoms with Crippen molar-refractivity contribution in [3.05, 3.63) is 102 Å². The molecule has 0 fully saturated rings. The normalized spacial score (nSPS) is 16.4. The van der Waals surface area contributed by atoms with Gasteiger partial charge in [-0.15, -0.1) is 0 Å². The molecule has 0 amide bonds. The Labute approximate surface area is 171 Å². The zero-order valence-corrected chi connectivity index (χ0v) is 17.2. The number of allylic oxidation sites excluding steroid dienone is 1. The van der Waals surface area contributed by atoms with Crippen LogP contribution >= 0.6 is 11.3 Å². The highest BCUT2D eigenvalue weighted by Crippen LogP contribution is 2.30. The van der Waals surface area contributed by atoms with E-state index in [1.165, 1.54) is 18.4 Å². The molecule has 2 aromatic carbocycles. The summed E-state index contributed by atoms with van der Waals surface area (Å²) >= 11 is 1.33. The molecule has 0 N–H and O–H groups in total. The molecular weight excluding hydrogens is 384 g/mol. The fourth-order valence-electron chi connectivity index (χ4n) is 3.46. The van der Waals surface area contributed by atoms with Crippen molar-refractivity contribution in [2.24, 2.45) is 4.99 Å². The van der Waals surface area contributed by atoms with Crippen molar-refractivity contribution in [1.82, 2.24) is 4.57 Å². The predicted molar refractivity (Wildman–Crippen MR) is 113 cm³/mol. The van der Waals surface area contributed by atoms with Crippen molar-refractivity contribution in [3.63, 3.8) is 0 Å². The summed E-state index contributed by atoms with van der Waals surface area (Å²) in [6, 6.07) is 16.9. The Morgan fingerprint density at radius 3 is 2.45 bits per heavy atom. The molecule has 0 saturated heterocycles. The van der Waals surface area contributed by atoms with E-state index in [1.54, 1.807) is 11.5 Å². The quantitative estimate of drug-likeness (QED) is 0.631. The number of rotatable bonds is 3. The molecule has 5 nitrogen and oxygen atoms in total. The van der Waals surface area contributed by atoms with Crippen LogP contribution in [0, 0.1) is 6.92 Å². The summed E-state index contributed by atoms with van der Waals surface area (Å²) in [5, 5.41) is 0. The average Bonchev–Trinajstić information content (AvgIpc) is 3.03. The summed E-state index contributed by atoms with van der Waals surface area (Å²) < 4.78 is 7.18. The van der Waals surface area contributed by atoms with Crippen molar-refractivity contribution >= 4 is 23.4 Å². The highest BCUT2D eigenvalue weighted by atomic mass is 32.1. The third kappa shape index (κ3) is 3.47. The zero-order chi connectivity index (χ0) is 20.5. The van der Waals surface area contributed by atoms with Gasteiger partial charge in [-0.25, -0.2) is 9.79 Å². The molecule has 6 heteroatoms. The van der Waals surface area contributed by atoms with Crippen LogP contribution in [0.2, 0.25) is 0 Å². The standard InChI is InChI=1S/C23H20N2O3S/c1-14-9-11-16(12-10-14)13-18-21(26)25-20(17-7-5-4-6-8-17)19(22(27)28-3)15(2)24-23(25)29-18/h4-13,20H,1-3H3/b18-13+/t20-/m0/s1. The van der Waals surface area contributed by atoms with Crippen LogP contribution in [-0.4, -0.2) is 17.6 Å². The molecule has 1 aromatic heterocycles. The van der Waals surface area contributed by atoms with Gasteiger partial charge >= 0.3 is 5.97 Å². The number of aromatic nitrogens is 1. The molecule has 3 aromatic rings. The minimum absolute atomic E-state index is 0.169. The SMILES string of the molecule is COC(=O)C1=C(C)N=c2s/c(=C/c3ccc(C)cc3)c(=O)n2[C@H]1c1ccccc1. The summed E-state index contributed by atoms with van der Waals surface area (Å²) in [6.45, 7) is 3.80. The molecule has 29 heavy (non-hydrogen) atoms. The first-order chi connectivity index (χ1) is 14.0. The summed E-state index contributed by atoms with van der Waals surface area (Å²) in [7, 11) is 1.34. The third-order valence-electron chi connectivity index (χ3n) is 4.92. The monoisotopic (exact) mass is 404 g/mol. The lowest BCUT2D eigenvalue weighted by Gasteiger charge is -2.24. The van der Waals surface area contributed by atoms with Crippen LogP contribution in [0.4, 0.5) is 0 Å². The number of aryl methyl sites for hydroxylation is 1. The first kappa shape index (κ1) is 19.1. The number of carbonyl (C=O) groups is 1. The molecule has 1 aliphatic heterocycles. The van der Waals surface area contributed by atoms with E-state index in [0.29, 0.717) is 20.6 Å². The Morgan fingerprint density at radius 2 is 1.79 bits per heavy atom. The molecule has 0 bridgehead atoms. The van der Waals surface area contributed by atoms with Crippen LogP contribution in [0.25, 0.3) is 6.08 Å². The topological polar surface area (TPSA) is 60.7 Å². The van der Waals surface area contributed by atoms with E-state index < -0.39 is 12.0 Å². The van der Waals surface area contributed by atoms with Crippen LogP contribution in [0.1, 0.15) is 29.7 Å². The maximum absolute atomic E-state index is 13.3. The van der Waals surface area contributed by atoms with Crippen LogP contribution in [0.15, 0.2) is 75.7 Å². The van der Waals surface area contributed by atoms with Gasteiger partial charge in [0.1, 0.15) is 0 Å². The highest BCUT2D eigenvalue weighted by Gasteiger charge is 2.32. The van der Waals surface area contributed by atoms with Crippen molar-refractivity contribution in [1.29, 1.82) is 0 Å². The number of esters is 1. The minimum Gasteiger partial charge on any atom is -0.466 e. The van der Waals surface area contributed by atoms with Crippen LogP contribution in [0.5, 0.6) is 0 Å². The lowest BCUT2D eigenvalue weighted by molar-refractivity contribution is -0.136. The first-order valence-corrected chi connectivity index (χ1v) is 10.0. The molecule has 0 unspecified atom stereocenters. The van der Waals surface area contributed by atoms with E-state index in [0.717, 1.165) is 16.7 Å². The molecule has 4 rings (SSSR count). The van der Waals surface area contributed by atoms with Crippen LogP contribution < -0.4 is 14.9 Å². The lowest BCUT2D eigenvalue weighted by atomic mass is 9.96. The van der Waals surface area contributed by atoms with Gasteiger partial charge in [0, 0.05) is 0 Å². The number of benzene rings is 2. The van der Waals surface area contributed by atoms with Gasteiger partial charge in [-0.05, 0) is 31.1 Å². The molecule has 0 radical (unpaired) electrons. The van der Waals surface area contributed by atoms with Crippen molar-refractivity contribution in [3.8, 4) is 0 Å². The molecule has 2 heterocycles. The number of fused-ring (bicyclic) bond motifs is 1. The van der Waals surface area contributed by atoms with E-state index in [-0.39, 0.29) is 5.56 Å². The highest BCUT2D eigenvalue weighted by molar-refractivity contribution is 7.07. The number of hydrogen-bond acceptors (Lipinski definition) is 5. The van der Waals surface area contributed by atoms with Crippen LogP contribution in [-0.2, 0) is 9.53 Å². The fraction of sp³-hybridized carbons (Fsp3) is 0.174. The summed E-state index contributed by atoms with van der Waals surface area (Å²) in [5.41, 5.74) is 3.72. The number of nitrogens with zero attached hydrogens (tertiary/aromatic N) is 2. The first-order valence-electron chi connectivity index (χ1n) is 9.22. The second-order valence-corrected chi connectivity index (χ2v) is 7.90. The second-order valence-electron chi connectivity index (χ2n) is 6.89. The number of ether oxygens (including phenoxy) is 1. The van der Waals surface area contributed by atoms with Crippen molar-refractivity contribution in [2.75, 3.05) is 7.11 Å². The summed E-state index contributed by atoms with van der Waals surface area (Å²) in [5.74, 6) is -0.479. The third-order valence-corrected chi connectivity index (χ3v) is 5.90. The molecule has 1 atom stereocenters. The zero-order valence-electron chi connectivity index (χ0n) is 16.4. The van der Waals surface area contributed by atoms with Gasteiger partial charge in [-0.1, -0.05) is 71.5 Å². The van der Waals surface area contributed by atoms with Gasteiger partial charge in [-0.2, -0.15) is 0 Å². The van der Waals surface area contributed by atoms with Gasteiger partial charge < -0.3 is 4.74 Å². The molecule has 0 aliphatic carbocycles. The Bertz CT molecular complexity index is 1280. The smallest absolute Gasteiger partial charge is 0.338 e. The van der Waals surface area contributed by atoms with Gasteiger partial charge in [-0.3, -0.25) is 9.36 Å². The van der Waals surface area contributed by atoms with E-state index in [4.69, 9.17) is 4.74 Å².